The van der Waals surface area contributed by atoms with Gasteiger partial charge in [0.1, 0.15) is 0 Å². The van der Waals surface area contributed by atoms with Crippen LogP contribution in [-0.4, -0.2) is 12.6 Å². The molecular formula is C17H18N2O. The molecule has 0 radical (unpaired) electrons. The lowest BCUT2D eigenvalue weighted by molar-refractivity contribution is 0.257. The number of hydrogen-bond acceptors (Lipinski definition) is 1. The Balaban J connectivity index is 2.16. The van der Waals surface area contributed by atoms with Gasteiger partial charge in [-0.25, -0.2) is 4.79 Å². The average molecular weight is 266 g/mol. The number of para-hydroxylation sites is 2. The third-order valence-electron chi connectivity index (χ3n) is 2.86. The fraction of sp³-hybridized carbons (Fsp3) is 0.118. The highest BCUT2D eigenvalue weighted by molar-refractivity contribution is 6.01. The molecule has 3 heteroatoms. The Labute approximate surface area is 119 Å². The number of anilines is 2. The Hall–Kier alpha value is -2.55. The van der Waals surface area contributed by atoms with Gasteiger partial charge in [-0.1, -0.05) is 48.6 Å². The van der Waals surface area contributed by atoms with E-state index in [0.29, 0.717) is 6.54 Å². The van der Waals surface area contributed by atoms with Crippen molar-refractivity contribution in [2.75, 3.05) is 16.8 Å². The quantitative estimate of drug-likeness (QED) is 0.822. The number of allylic oxidation sites excluding steroid dienone is 1. The van der Waals surface area contributed by atoms with E-state index in [2.05, 4.69) is 5.32 Å². The maximum absolute atomic E-state index is 12.4. The van der Waals surface area contributed by atoms with E-state index < -0.39 is 0 Å². The molecule has 0 saturated heterocycles. The molecule has 2 amide bonds. The molecule has 0 aliphatic rings. The van der Waals surface area contributed by atoms with Crippen molar-refractivity contribution in [1.29, 1.82) is 0 Å². The van der Waals surface area contributed by atoms with Crippen molar-refractivity contribution in [3.8, 4) is 0 Å². The number of benzene rings is 2. The van der Waals surface area contributed by atoms with Crippen LogP contribution in [0, 0.1) is 0 Å². The lowest BCUT2D eigenvalue weighted by Gasteiger charge is -2.21. The van der Waals surface area contributed by atoms with Gasteiger partial charge in [-0.2, -0.15) is 0 Å². The summed E-state index contributed by atoms with van der Waals surface area (Å²) in [5.74, 6) is 0. The summed E-state index contributed by atoms with van der Waals surface area (Å²) in [7, 11) is 0. The summed E-state index contributed by atoms with van der Waals surface area (Å²) in [5.41, 5.74) is 1.66. The second kappa shape index (κ2) is 7.14. The molecule has 0 aromatic heterocycles. The highest BCUT2D eigenvalue weighted by atomic mass is 16.2. The lowest BCUT2D eigenvalue weighted by atomic mass is 10.3. The van der Waals surface area contributed by atoms with E-state index >= 15 is 0 Å². The Morgan fingerprint density at radius 3 is 2.25 bits per heavy atom. The molecular weight excluding hydrogens is 248 g/mol. The third kappa shape index (κ3) is 3.72. The number of nitrogens with one attached hydrogen (secondary N) is 1. The predicted octanol–water partition coefficient (Wildman–Crippen LogP) is 4.30. The number of hydrogen-bond donors (Lipinski definition) is 1. The molecule has 2 aromatic carbocycles. The molecule has 102 valence electrons. The van der Waals surface area contributed by atoms with Crippen molar-refractivity contribution in [1.82, 2.24) is 0 Å². The Morgan fingerprint density at radius 2 is 1.65 bits per heavy atom. The largest absolute Gasteiger partial charge is 0.326 e. The van der Waals surface area contributed by atoms with Gasteiger partial charge in [0.05, 0.1) is 0 Å². The van der Waals surface area contributed by atoms with Crippen LogP contribution in [-0.2, 0) is 0 Å². The van der Waals surface area contributed by atoms with Crippen LogP contribution in [0.3, 0.4) is 0 Å². The topological polar surface area (TPSA) is 32.3 Å². The molecule has 0 saturated carbocycles. The average Bonchev–Trinajstić information content (AvgIpc) is 2.50. The Morgan fingerprint density at radius 1 is 1.05 bits per heavy atom. The van der Waals surface area contributed by atoms with Crippen molar-refractivity contribution in [2.24, 2.45) is 0 Å². The molecule has 0 fully saturated rings. The molecule has 3 nitrogen and oxygen atoms in total. The van der Waals surface area contributed by atoms with Crippen LogP contribution < -0.4 is 10.2 Å². The smallest absolute Gasteiger partial charge is 0.308 e. The molecule has 1 N–H and O–H groups in total. The highest BCUT2D eigenvalue weighted by Crippen LogP contribution is 2.15. The minimum atomic E-state index is -0.138. The molecule has 0 atom stereocenters. The van der Waals surface area contributed by atoms with E-state index in [1.54, 1.807) is 4.90 Å². The normalized spacial score (nSPS) is 10.4. The maximum atomic E-state index is 12.4. The minimum absolute atomic E-state index is 0.138. The van der Waals surface area contributed by atoms with Gasteiger partial charge in [-0.05, 0) is 31.2 Å². The maximum Gasteiger partial charge on any atom is 0.326 e. The first-order valence-electron chi connectivity index (χ1n) is 6.61. The van der Waals surface area contributed by atoms with Crippen LogP contribution in [0.15, 0.2) is 72.8 Å². The van der Waals surface area contributed by atoms with Crippen molar-refractivity contribution in [3.05, 3.63) is 72.8 Å². The zero-order valence-corrected chi connectivity index (χ0v) is 11.5. The first-order valence-corrected chi connectivity index (χ1v) is 6.61. The standard InChI is InChI=1S/C17H18N2O/c1-2-3-14-19(16-12-8-5-9-13-16)17(20)18-15-10-6-4-7-11-15/h2-13H,14H2,1H3,(H,18,20)/b3-2+. The van der Waals surface area contributed by atoms with Crippen molar-refractivity contribution in [2.45, 2.75) is 6.92 Å². The summed E-state index contributed by atoms with van der Waals surface area (Å²) in [5, 5.41) is 2.90. The van der Waals surface area contributed by atoms with Gasteiger partial charge in [-0.3, -0.25) is 4.90 Å². The Bertz CT molecular complexity index is 564. The zero-order valence-electron chi connectivity index (χ0n) is 11.5. The van der Waals surface area contributed by atoms with Crippen LogP contribution in [0.1, 0.15) is 6.92 Å². The zero-order chi connectivity index (χ0) is 14.2. The summed E-state index contributed by atoms with van der Waals surface area (Å²) in [6, 6.07) is 19.0. The van der Waals surface area contributed by atoms with E-state index in [4.69, 9.17) is 0 Å². The minimum Gasteiger partial charge on any atom is -0.308 e. The summed E-state index contributed by atoms with van der Waals surface area (Å²) < 4.78 is 0. The fourth-order valence-corrected chi connectivity index (χ4v) is 1.84. The predicted molar refractivity (Wildman–Crippen MR) is 84.1 cm³/mol. The Kier molecular flexibility index (Phi) is 4.95. The van der Waals surface area contributed by atoms with Crippen molar-refractivity contribution < 1.29 is 4.79 Å². The molecule has 0 bridgehead atoms. The molecule has 0 spiro atoms. The van der Waals surface area contributed by atoms with E-state index in [1.165, 1.54) is 0 Å². The van der Waals surface area contributed by atoms with Crippen molar-refractivity contribution >= 4 is 17.4 Å². The van der Waals surface area contributed by atoms with Crippen LogP contribution >= 0.6 is 0 Å². The number of urea groups is 1. The number of rotatable bonds is 4. The molecule has 0 unspecified atom stereocenters. The van der Waals surface area contributed by atoms with Gasteiger partial charge in [0.2, 0.25) is 0 Å². The van der Waals surface area contributed by atoms with Crippen LogP contribution in [0.4, 0.5) is 16.2 Å². The summed E-state index contributed by atoms with van der Waals surface area (Å²) in [6.07, 6.45) is 3.89. The second-order valence-corrected chi connectivity index (χ2v) is 4.31. The molecule has 2 rings (SSSR count). The van der Waals surface area contributed by atoms with Gasteiger partial charge >= 0.3 is 6.03 Å². The molecule has 0 aliphatic heterocycles. The lowest BCUT2D eigenvalue weighted by Crippen LogP contribution is -2.35. The van der Waals surface area contributed by atoms with Crippen LogP contribution in [0.5, 0.6) is 0 Å². The number of amides is 2. The number of carbonyl (C=O) groups is 1. The molecule has 0 aliphatic carbocycles. The van der Waals surface area contributed by atoms with E-state index in [-0.39, 0.29) is 6.03 Å². The fourth-order valence-electron chi connectivity index (χ4n) is 1.84. The van der Waals surface area contributed by atoms with Gasteiger partial charge in [0.15, 0.2) is 0 Å². The monoisotopic (exact) mass is 266 g/mol. The van der Waals surface area contributed by atoms with Gasteiger partial charge < -0.3 is 5.32 Å². The highest BCUT2D eigenvalue weighted by Gasteiger charge is 2.13. The summed E-state index contributed by atoms with van der Waals surface area (Å²) >= 11 is 0. The van der Waals surface area contributed by atoms with Gasteiger partial charge in [0, 0.05) is 17.9 Å². The van der Waals surface area contributed by atoms with Gasteiger partial charge in [-0.15, -0.1) is 0 Å². The van der Waals surface area contributed by atoms with E-state index in [0.717, 1.165) is 11.4 Å². The molecule has 0 heterocycles. The SMILES string of the molecule is C/C=C/CN(C(=O)Nc1ccccc1)c1ccccc1. The van der Waals surface area contributed by atoms with Crippen molar-refractivity contribution in [3.63, 3.8) is 0 Å². The first kappa shape index (κ1) is 13.9. The number of carbonyl (C=O) groups excluding carboxylic acids is 1. The first-order chi connectivity index (χ1) is 9.81. The van der Waals surface area contributed by atoms with E-state index in [9.17, 15) is 4.79 Å². The van der Waals surface area contributed by atoms with E-state index in [1.807, 2.05) is 79.7 Å². The molecule has 2 aromatic rings. The van der Waals surface area contributed by atoms with Gasteiger partial charge in [0.25, 0.3) is 0 Å². The number of nitrogens with zero attached hydrogens (tertiary/aromatic N) is 1. The third-order valence-corrected chi connectivity index (χ3v) is 2.86. The van der Waals surface area contributed by atoms with Crippen LogP contribution in [0.25, 0.3) is 0 Å². The second-order valence-electron chi connectivity index (χ2n) is 4.31. The molecule has 20 heavy (non-hydrogen) atoms. The summed E-state index contributed by atoms with van der Waals surface area (Å²) in [4.78, 5) is 14.1. The van der Waals surface area contributed by atoms with Crippen LogP contribution in [0.2, 0.25) is 0 Å². The summed E-state index contributed by atoms with van der Waals surface area (Å²) in [6.45, 7) is 2.48.